The number of aromatic nitrogens is 2. The van der Waals surface area contributed by atoms with Crippen molar-refractivity contribution in [3.8, 4) is 11.8 Å². The number of fused-ring (bicyclic) bond motifs is 1. The van der Waals surface area contributed by atoms with Gasteiger partial charge in [0.15, 0.2) is 0 Å². The Morgan fingerprint density at radius 1 is 1.33 bits per heavy atom. The molecule has 21 heavy (non-hydrogen) atoms. The molecule has 0 aliphatic heterocycles. The number of alkyl halides is 1. The summed E-state index contributed by atoms with van der Waals surface area (Å²) in [6.45, 7) is 1.97. The normalized spacial score (nSPS) is 10.8. The van der Waals surface area contributed by atoms with Gasteiger partial charge >= 0.3 is 0 Å². The molecule has 2 aromatic carbocycles. The second kappa shape index (κ2) is 5.19. The summed E-state index contributed by atoms with van der Waals surface area (Å²) in [6.07, 6.45) is 0. The molecule has 5 heteroatoms. The van der Waals surface area contributed by atoms with E-state index in [1.54, 1.807) is 6.07 Å². The minimum Gasteiger partial charge on any atom is -0.294 e. The number of rotatable bonds is 2. The van der Waals surface area contributed by atoms with Crippen molar-refractivity contribution in [3.63, 3.8) is 0 Å². The maximum absolute atomic E-state index is 13.3. The Bertz CT molecular complexity index is 877. The van der Waals surface area contributed by atoms with Crippen LogP contribution in [0.3, 0.4) is 0 Å². The van der Waals surface area contributed by atoms with Crippen LogP contribution in [0.25, 0.3) is 16.7 Å². The fourth-order valence-corrected chi connectivity index (χ4v) is 2.66. The second-order valence-corrected chi connectivity index (χ2v) is 4.98. The lowest BCUT2D eigenvalue weighted by Crippen LogP contribution is -2.03. The minimum absolute atomic E-state index is 0.205. The van der Waals surface area contributed by atoms with E-state index in [1.165, 1.54) is 12.1 Å². The van der Waals surface area contributed by atoms with Crippen LogP contribution in [-0.2, 0) is 5.88 Å². The van der Waals surface area contributed by atoms with E-state index in [0.29, 0.717) is 11.5 Å². The average molecular weight is 300 g/mol. The first-order chi connectivity index (χ1) is 10.2. The molecule has 0 saturated heterocycles. The van der Waals surface area contributed by atoms with E-state index < -0.39 is 5.82 Å². The third-order valence-corrected chi connectivity index (χ3v) is 3.63. The molecule has 1 heterocycles. The topological polar surface area (TPSA) is 41.6 Å². The van der Waals surface area contributed by atoms with E-state index in [1.807, 2.05) is 35.8 Å². The van der Waals surface area contributed by atoms with E-state index in [0.717, 1.165) is 16.6 Å². The van der Waals surface area contributed by atoms with Gasteiger partial charge in [-0.2, -0.15) is 5.26 Å². The van der Waals surface area contributed by atoms with Crippen LogP contribution in [0.1, 0.15) is 17.0 Å². The molecule has 0 radical (unpaired) electrons. The third-order valence-electron chi connectivity index (χ3n) is 3.39. The van der Waals surface area contributed by atoms with E-state index in [9.17, 15) is 9.65 Å². The molecule has 0 spiro atoms. The summed E-state index contributed by atoms with van der Waals surface area (Å²) in [4.78, 5) is 4.49. The maximum Gasteiger partial charge on any atom is 0.129 e. The zero-order valence-electron chi connectivity index (χ0n) is 11.3. The summed E-state index contributed by atoms with van der Waals surface area (Å²) in [5.74, 6) is 0.393. The second-order valence-electron chi connectivity index (χ2n) is 4.71. The molecule has 0 amide bonds. The smallest absolute Gasteiger partial charge is 0.129 e. The van der Waals surface area contributed by atoms with Crippen LogP contribution >= 0.6 is 11.6 Å². The molecule has 0 saturated carbocycles. The van der Waals surface area contributed by atoms with Gasteiger partial charge in [-0.15, -0.1) is 11.6 Å². The first-order valence-corrected chi connectivity index (χ1v) is 6.92. The molecule has 3 nitrogen and oxygen atoms in total. The first-order valence-electron chi connectivity index (χ1n) is 6.38. The molecule has 0 fully saturated rings. The van der Waals surface area contributed by atoms with Crippen molar-refractivity contribution in [1.29, 1.82) is 5.26 Å². The zero-order valence-corrected chi connectivity index (χ0v) is 12.0. The fourth-order valence-electron chi connectivity index (χ4n) is 2.48. The molecular weight excluding hydrogens is 289 g/mol. The highest BCUT2D eigenvalue weighted by atomic mass is 35.5. The van der Waals surface area contributed by atoms with Gasteiger partial charge < -0.3 is 0 Å². The highest BCUT2D eigenvalue weighted by molar-refractivity contribution is 6.17. The van der Waals surface area contributed by atoms with Crippen molar-refractivity contribution in [2.24, 2.45) is 0 Å². The predicted octanol–water partition coefficient (Wildman–Crippen LogP) is 4.08. The van der Waals surface area contributed by atoms with Crippen molar-refractivity contribution < 1.29 is 4.39 Å². The van der Waals surface area contributed by atoms with Crippen LogP contribution in [0, 0.1) is 24.1 Å². The van der Waals surface area contributed by atoms with Crippen molar-refractivity contribution in [1.82, 2.24) is 9.55 Å². The first kappa shape index (κ1) is 13.6. The van der Waals surface area contributed by atoms with Gasteiger partial charge in [-0.3, -0.25) is 4.57 Å². The summed E-state index contributed by atoms with van der Waals surface area (Å²) < 4.78 is 15.2. The number of benzene rings is 2. The Balaban J connectivity index is 2.42. The number of para-hydroxylation sites is 1. The van der Waals surface area contributed by atoms with Gasteiger partial charge in [0.1, 0.15) is 17.7 Å². The van der Waals surface area contributed by atoms with Crippen LogP contribution in [0.15, 0.2) is 36.4 Å². The SMILES string of the molecule is Cc1cccc2nc(CCl)n(-c3ccc(F)cc3C#N)c12. The molecule has 0 unspecified atom stereocenters. The number of aryl methyl sites for hydroxylation is 1. The highest BCUT2D eigenvalue weighted by Gasteiger charge is 2.16. The maximum atomic E-state index is 13.3. The summed E-state index contributed by atoms with van der Waals surface area (Å²) in [6, 6.07) is 11.9. The van der Waals surface area contributed by atoms with E-state index in [2.05, 4.69) is 4.98 Å². The largest absolute Gasteiger partial charge is 0.294 e. The van der Waals surface area contributed by atoms with Crippen LogP contribution in [-0.4, -0.2) is 9.55 Å². The van der Waals surface area contributed by atoms with Gasteiger partial charge in [0, 0.05) is 0 Å². The molecule has 0 bridgehead atoms. The Morgan fingerprint density at radius 3 is 2.86 bits per heavy atom. The Morgan fingerprint density at radius 2 is 2.14 bits per heavy atom. The van der Waals surface area contributed by atoms with Crippen molar-refractivity contribution in [2.75, 3.05) is 0 Å². The van der Waals surface area contributed by atoms with E-state index in [-0.39, 0.29) is 11.4 Å². The Hall–Kier alpha value is -2.38. The molecule has 3 rings (SSSR count). The quantitative estimate of drug-likeness (QED) is 0.669. The lowest BCUT2D eigenvalue weighted by Gasteiger charge is -2.11. The molecule has 3 aromatic rings. The van der Waals surface area contributed by atoms with Crippen molar-refractivity contribution in [3.05, 3.63) is 59.2 Å². The summed E-state index contributed by atoms with van der Waals surface area (Å²) in [7, 11) is 0. The molecule has 1 aromatic heterocycles. The van der Waals surface area contributed by atoms with Crippen LogP contribution in [0.2, 0.25) is 0 Å². The number of hydrogen-bond donors (Lipinski definition) is 0. The van der Waals surface area contributed by atoms with Crippen LogP contribution in [0.4, 0.5) is 4.39 Å². The van der Waals surface area contributed by atoms with Gasteiger partial charge in [-0.25, -0.2) is 9.37 Å². The fraction of sp³-hybridized carbons (Fsp3) is 0.125. The number of hydrogen-bond acceptors (Lipinski definition) is 2. The van der Waals surface area contributed by atoms with Crippen LogP contribution < -0.4 is 0 Å². The van der Waals surface area contributed by atoms with E-state index >= 15 is 0 Å². The van der Waals surface area contributed by atoms with Gasteiger partial charge in [-0.1, -0.05) is 12.1 Å². The molecule has 0 atom stereocenters. The minimum atomic E-state index is -0.441. The average Bonchev–Trinajstić information content (AvgIpc) is 2.87. The van der Waals surface area contributed by atoms with Gasteiger partial charge in [-0.05, 0) is 36.8 Å². The summed E-state index contributed by atoms with van der Waals surface area (Å²) in [5.41, 5.74) is 3.55. The predicted molar refractivity (Wildman–Crippen MR) is 80.0 cm³/mol. The van der Waals surface area contributed by atoms with Gasteiger partial charge in [0.25, 0.3) is 0 Å². The molecular formula is C16H11ClFN3. The Labute approximate surface area is 126 Å². The monoisotopic (exact) mass is 299 g/mol. The molecule has 0 aliphatic rings. The van der Waals surface area contributed by atoms with Gasteiger partial charge in [0.05, 0.1) is 28.2 Å². The van der Waals surface area contributed by atoms with Crippen LogP contribution in [0.5, 0.6) is 0 Å². The van der Waals surface area contributed by atoms with Crippen molar-refractivity contribution in [2.45, 2.75) is 12.8 Å². The zero-order chi connectivity index (χ0) is 15.0. The molecule has 0 aliphatic carbocycles. The molecule has 0 N–H and O–H groups in total. The standard InChI is InChI=1S/C16H11ClFN3/c1-10-3-2-4-13-16(10)21(15(8-17)20-13)14-6-5-12(18)7-11(14)9-19/h2-7H,8H2,1H3. The summed E-state index contributed by atoms with van der Waals surface area (Å²) in [5, 5.41) is 9.26. The number of imidazole rings is 1. The highest BCUT2D eigenvalue weighted by Crippen LogP contribution is 2.27. The van der Waals surface area contributed by atoms with Crippen molar-refractivity contribution >= 4 is 22.6 Å². The lowest BCUT2D eigenvalue weighted by molar-refractivity contribution is 0.627. The lowest BCUT2D eigenvalue weighted by atomic mass is 10.1. The number of nitrogens with zero attached hydrogens (tertiary/aromatic N) is 3. The number of halogens is 2. The van der Waals surface area contributed by atoms with Gasteiger partial charge in [0.2, 0.25) is 0 Å². The number of nitriles is 1. The molecule has 104 valence electrons. The summed E-state index contributed by atoms with van der Waals surface area (Å²) >= 11 is 5.99. The van der Waals surface area contributed by atoms with E-state index in [4.69, 9.17) is 11.6 Å². The Kier molecular flexibility index (Phi) is 3.36. The third kappa shape index (κ3) is 2.16.